The number of hydrogen-bond acceptors (Lipinski definition) is 9. The number of carbonyl (C=O) groups excluding carboxylic acids is 3. The standard InChI is InChI=1S/C31H33NO9/c1-12-7-6-8-29(2,3)30(12)11-13-18-20(16(34)10-17(40-4)23(18)30)24(35)22-19(13)25(41-5)14-9-15(33)21(28(32)38)26(36)31(14,39)27(22)37/h7,10,14,25,34-36,39H,6,8-9,11H2,1-5H3,(H2,32,38)/t14-,25+,30-,31-/m0/s1. The number of benzene rings is 2. The van der Waals surface area contributed by atoms with E-state index in [1.165, 1.54) is 20.3 Å². The predicted octanol–water partition coefficient (Wildman–Crippen LogP) is 3.32. The molecule has 1 amide bonds. The molecule has 0 bridgehead atoms. The molecule has 6 N–H and O–H groups in total. The van der Waals surface area contributed by atoms with Gasteiger partial charge >= 0.3 is 0 Å². The highest BCUT2D eigenvalue weighted by molar-refractivity contribution is 6.23. The molecule has 0 saturated heterocycles. The molecule has 0 aliphatic heterocycles. The number of phenols is 2. The second kappa shape index (κ2) is 8.33. The maximum Gasteiger partial charge on any atom is 0.255 e. The SMILES string of the molecule is COc1cc(O)c2c(O)c3c(c4c2c1[C@]1(C4)C(C)=CCCC1(C)C)[C@H](OC)[C@@H]1CC(=O)C(C(N)=O)=C(O)[C@]1(O)C3=O. The van der Waals surface area contributed by atoms with E-state index in [1.54, 1.807) is 0 Å². The molecule has 2 aromatic rings. The molecule has 0 unspecified atom stereocenters. The van der Waals surface area contributed by atoms with Crippen LogP contribution < -0.4 is 10.5 Å². The van der Waals surface area contributed by atoms with Crippen molar-refractivity contribution in [2.24, 2.45) is 17.1 Å². The smallest absolute Gasteiger partial charge is 0.255 e. The average molecular weight is 564 g/mol. The Bertz CT molecular complexity index is 1680. The lowest BCUT2D eigenvalue weighted by molar-refractivity contribution is -0.131. The number of primary amides is 1. The lowest BCUT2D eigenvalue weighted by Crippen LogP contribution is -2.58. The fourth-order valence-electron chi connectivity index (χ4n) is 8.35. The first-order valence-corrected chi connectivity index (χ1v) is 13.6. The Morgan fingerprint density at radius 3 is 2.39 bits per heavy atom. The zero-order valence-electron chi connectivity index (χ0n) is 23.5. The summed E-state index contributed by atoms with van der Waals surface area (Å²) in [5, 5.41) is 46.3. The summed E-state index contributed by atoms with van der Waals surface area (Å²) in [6, 6.07) is 1.42. The number of aliphatic hydroxyl groups is 2. The van der Waals surface area contributed by atoms with Gasteiger partial charge in [0.15, 0.2) is 11.4 Å². The Labute approximate surface area is 236 Å². The van der Waals surface area contributed by atoms with Crippen LogP contribution in [0.15, 0.2) is 29.0 Å². The molecule has 1 spiro atoms. The van der Waals surface area contributed by atoms with E-state index < -0.39 is 64.0 Å². The molecule has 6 rings (SSSR count). The van der Waals surface area contributed by atoms with Gasteiger partial charge in [-0.15, -0.1) is 0 Å². The molecule has 0 radical (unpaired) electrons. The third kappa shape index (κ3) is 2.96. The minimum atomic E-state index is -2.77. The van der Waals surface area contributed by atoms with Gasteiger partial charge in [0.25, 0.3) is 5.91 Å². The molecule has 4 aliphatic carbocycles. The summed E-state index contributed by atoms with van der Waals surface area (Å²) in [5.41, 5.74) is 3.16. The first-order valence-electron chi connectivity index (χ1n) is 13.6. The van der Waals surface area contributed by atoms with Crippen molar-refractivity contribution in [3.05, 3.63) is 51.3 Å². The van der Waals surface area contributed by atoms with Crippen molar-refractivity contribution < 1.29 is 44.3 Å². The van der Waals surface area contributed by atoms with E-state index in [9.17, 15) is 34.8 Å². The minimum Gasteiger partial charge on any atom is -0.508 e. The Hall–Kier alpha value is -3.89. The third-order valence-corrected chi connectivity index (χ3v) is 10.3. The predicted molar refractivity (Wildman–Crippen MR) is 147 cm³/mol. The Morgan fingerprint density at radius 2 is 1.80 bits per heavy atom. The van der Waals surface area contributed by atoms with E-state index in [4.69, 9.17) is 15.2 Å². The third-order valence-electron chi connectivity index (χ3n) is 10.3. The number of carbonyl (C=O) groups is 3. The van der Waals surface area contributed by atoms with Crippen molar-refractivity contribution in [3.8, 4) is 17.2 Å². The van der Waals surface area contributed by atoms with Crippen LogP contribution >= 0.6 is 0 Å². The average Bonchev–Trinajstić information content (AvgIpc) is 3.26. The number of fused-ring (bicyclic) bond motifs is 4. The van der Waals surface area contributed by atoms with Gasteiger partial charge < -0.3 is 35.6 Å². The van der Waals surface area contributed by atoms with Gasteiger partial charge in [-0.1, -0.05) is 25.5 Å². The summed E-state index contributed by atoms with van der Waals surface area (Å²) < 4.78 is 11.7. The van der Waals surface area contributed by atoms with E-state index in [0.717, 1.165) is 24.0 Å². The normalized spacial score (nSPS) is 30.0. The van der Waals surface area contributed by atoms with Gasteiger partial charge in [-0.2, -0.15) is 0 Å². The molecule has 4 aliphatic rings. The summed E-state index contributed by atoms with van der Waals surface area (Å²) in [7, 11) is 2.86. The lowest BCUT2D eigenvalue weighted by atomic mass is 9.54. The van der Waals surface area contributed by atoms with Crippen molar-refractivity contribution in [1.82, 2.24) is 0 Å². The van der Waals surface area contributed by atoms with Crippen LogP contribution in [-0.2, 0) is 26.2 Å². The van der Waals surface area contributed by atoms with E-state index in [1.807, 2.05) is 6.92 Å². The number of aromatic hydroxyl groups is 2. The van der Waals surface area contributed by atoms with E-state index in [-0.39, 0.29) is 27.7 Å². The number of rotatable bonds is 3. The highest BCUT2D eigenvalue weighted by atomic mass is 16.5. The lowest BCUT2D eigenvalue weighted by Gasteiger charge is -2.49. The van der Waals surface area contributed by atoms with Crippen molar-refractivity contribution in [2.45, 2.75) is 63.6 Å². The van der Waals surface area contributed by atoms with Crippen molar-refractivity contribution in [3.63, 3.8) is 0 Å². The maximum absolute atomic E-state index is 14.2. The van der Waals surface area contributed by atoms with Crippen LogP contribution in [0.25, 0.3) is 10.8 Å². The highest BCUT2D eigenvalue weighted by Crippen LogP contribution is 2.66. The fourth-order valence-corrected chi connectivity index (χ4v) is 8.35. The van der Waals surface area contributed by atoms with Gasteiger partial charge in [0, 0.05) is 41.9 Å². The van der Waals surface area contributed by atoms with Gasteiger partial charge in [-0.25, -0.2) is 0 Å². The number of Topliss-reactive ketones (excluding diaryl/α,β-unsaturated/α-hetero) is 2. The number of hydrogen-bond donors (Lipinski definition) is 5. The molecule has 216 valence electrons. The fraction of sp³-hybridized carbons (Fsp3) is 0.452. The number of amides is 1. The monoisotopic (exact) mass is 563 g/mol. The van der Waals surface area contributed by atoms with Gasteiger partial charge in [0.1, 0.15) is 28.6 Å². The summed E-state index contributed by atoms with van der Waals surface area (Å²) in [5.74, 6) is -6.20. The van der Waals surface area contributed by atoms with Crippen LogP contribution in [-0.4, -0.2) is 57.7 Å². The van der Waals surface area contributed by atoms with E-state index in [0.29, 0.717) is 23.1 Å². The second-order valence-corrected chi connectivity index (χ2v) is 12.3. The van der Waals surface area contributed by atoms with Crippen LogP contribution in [0.5, 0.6) is 17.2 Å². The molecular weight excluding hydrogens is 530 g/mol. The molecule has 2 aromatic carbocycles. The van der Waals surface area contributed by atoms with Crippen LogP contribution in [0.4, 0.5) is 0 Å². The Kier molecular flexibility index (Phi) is 5.54. The van der Waals surface area contributed by atoms with Crippen LogP contribution in [0.3, 0.4) is 0 Å². The van der Waals surface area contributed by atoms with Crippen molar-refractivity contribution >= 4 is 28.2 Å². The van der Waals surface area contributed by atoms with Crippen LogP contribution in [0.1, 0.15) is 73.2 Å². The summed E-state index contributed by atoms with van der Waals surface area (Å²) in [4.78, 5) is 39.2. The number of aliphatic hydroxyl groups excluding tert-OH is 1. The largest absolute Gasteiger partial charge is 0.508 e. The maximum atomic E-state index is 14.2. The Morgan fingerprint density at radius 1 is 1.12 bits per heavy atom. The molecule has 4 atom stereocenters. The van der Waals surface area contributed by atoms with Crippen LogP contribution in [0, 0.1) is 11.3 Å². The number of ether oxygens (including phenoxy) is 2. The molecule has 0 aromatic heterocycles. The number of nitrogens with two attached hydrogens (primary N) is 1. The Balaban J connectivity index is 1.78. The minimum absolute atomic E-state index is 0.0105. The zero-order chi connectivity index (χ0) is 30.0. The molecule has 0 saturated carbocycles. The van der Waals surface area contributed by atoms with Crippen molar-refractivity contribution in [1.29, 1.82) is 0 Å². The summed E-state index contributed by atoms with van der Waals surface area (Å²) in [6.45, 7) is 6.36. The van der Waals surface area contributed by atoms with Crippen LogP contribution in [0.2, 0.25) is 0 Å². The summed E-state index contributed by atoms with van der Waals surface area (Å²) >= 11 is 0. The van der Waals surface area contributed by atoms with Gasteiger partial charge in [0.05, 0.1) is 24.2 Å². The van der Waals surface area contributed by atoms with E-state index >= 15 is 0 Å². The van der Waals surface area contributed by atoms with Gasteiger partial charge in [0.2, 0.25) is 5.78 Å². The molecule has 10 heteroatoms. The second-order valence-electron chi connectivity index (χ2n) is 12.3. The number of ketones is 2. The number of methoxy groups -OCH3 is 2. The first kappa shape index (κ1) is 27.3. The zero-order valence-corrected chi connectivity index (χ0v) is 23.5. The molecular formula is C31H33NO9. The molecule has 0 heterocycles. The molecule has 41 heavy (non-hydrogen) atoms. The number of allylic oxidation sites excluding steroid dienone is 2. The van der Waals surface area contributed by atoms with E-state index in [2.05, 4.69) is 19.9 Å². The highest BCUT2D eigenvalue weighted by Gasteiger charge is 2.64. The van der Waals surface area contributed by atoms with Crippen molar-refractivity contribution in [2.75, 3.05) is 14.2 Å². The van der Waals surface area contributed by atoms with Gasteiger partial charge in [-0.05, 0) is 42.7 Å². The van der Waals surface area contributed by atoms with Gasteiger partial charge in [-0.3, -0.25) is 14.4 Å². The quantitative estimate of drug-likeness (QED) is 0.277. The number of phenolic OH excluding ortho intramolecular Hbond substituents is 2. The molecule has 0 fully saturated rings. The summed E-state index contributed by atoms with van der Waals surface area (Å²) in [6.07, 6.45) is 2.60. The topological polar surface area (TPSA) is 177 Å². The molecule has 10 nitrogen and oxygen atoms in total. The first-order chi connectivity index (χ1) is 19.2.